The van der Waals surface area contributed by atoms with Crippen LogP contribution in [0.5, 0.6) is 0 Å². The molecule has 1 aliphatic rings. The summed E-state index contributed by atoms with van der Waals surface area (Å²) in [6, 6.07) is 5.62. The molecule has 1 aromatic rings. The van der Waals surface area contributed by atoms with Crippen LogP contribution >= 0.6 is 15.9 Å². The summed E-state index contributed by atoms with van der Waals surface area (Å²) in [6.45, 7) is 1.65. The number of ether oxygens (including phenoxy) is 1. The van der Waals surface area contributed by atoms with Crippen molar-refractivity contribution >= 4 is 15.9 Å². The third-order valence-electron chi connectivity index (χ3n) is 3.66. The first kappa shape index (κ1) is 14.0. The lowest BCUT2D eigenvalue weighted by atomic mass is 9.87. The molecule has 100 valence electrons. The molecule has 1 saturated heterocycles. The van der Waals surface area contributed by atoms with Gasteiger partial charge in [-0.1, -0.05) is 22.0 Å². The Balaban J connectivity index is 2.04. The fourth-order valence-corrected chi connectivity index (χ4v) is 2.88. The molecule has 2 rings (SSSR count). The quantitative estimate of drug-likeness (QED) is 0.921. The number of hydrogen-bond donors (Lipinski definition) is 1. The molecule has 0 spiro atoms. The molecule has 1 heterocycles. The Kier molecular flexibility index (Phi) is 5.15. The number of hydrogen-bond acceptors (Lipinski definition) is 2. The Bertz CT molecular complexity index is 393. The Morgan fingerprint density at radius 3 is 2.78 bits per heavy atom. The Morgan fingerprint density at radius 1 is 1.44 bits per heavy atom. The van der Waals surface area contributed by atoms with E-state index in [2.05, 4.69) is 21.2 Å². The summed E-state index contributed by atoms with van der Waals surface area (Å²) in [5.41, 5.74) is 0.782. The average molecular weight is 316 g/mol. The van der Waals surface area contributed by atoms with Gasteiger partial charge in [-0.3, -0.25) is 0 Å². The molecule has 1 N–H and O–H groups in total. The van der Waals surface area contributed by atoms with Crippen molar-refractivity contribution in [3.05, 3.63) is 34.1 Å². The van der Waals surface area contributed by atoms with E-state index >= 15 is 0 Å². The van der Waals surface area contributed by atoms with Crippen molar-refractivity contribution in [2.75, 3.05) is 20.3 Å². The average Bonchev–Trinajstić information content (AvgIpc) is 2.39. The van der Waals surface area contributed by atoms with Crippen LogP contribution in [0.1, 0.15) is 18.4 Å². The van der Waals surface area contributed by atoms with Gasteiger partial charge in [-0.15, -0.1) is 0 Å². The lowest BCUT2D eigenvalue weighted by molar-refractivity contribution is 0.0546. The van der Waals surface area contributed by atoms with Crippen LogP contribution in [-0.2, 0) is 11.2 Å². The molecule has 0 aromatic heterocycles. The van der Waals surface area contributed by atoms with Crippen LogP contribution < -0.4 is 5.32 Å². The largest absolute Gasteiger partial charge is 0.381 e. The number of rotatable bonds is 4. The van der Waals surface area contributed by atoms with Crippen LogP contribution in [0, 0.1) is 11.7 Å². The third-order valence-corrected chi connectivity index (χ3v) is 4.15. The van der Waals surface area contributed by atoms with E-state index in [-0.39, 0.29) is 5.82 Å². The second kappa shape index (κ2) is 6.64. The van der Waals surface area contributed by atoms with Crippen LogP contribution in [-0.4, -0.2) is 26.3 Å². The third kappa shape index (κ3) is 3.53. The second-order valence-electron chi connectivity index (χ2n) is 4.78. The molecule has 0 aliphatic carbocycles. The van der Waals surface area contributed by atoms with E-state index in [0.29, 0.717) is 12.0 Å². The molecule has 1 aromatic carbocycles. The topological polar surface area (TPSA) is 21.3 Å². The summed E-state index contributed by atoms with van der Waals surface area (Å²) in [4.78, 5) is 0. The normalized spacial score (nSPS) is 18.8. The summed E-state index contributed by atoms with van der Waals surface area (Å²) in [5.74, 6) is 0.448. The number of benzene rings is 1. The van der Waals surface area contributed by atoms with Crippen molar-refractivity contribution in [3.8, 4) is 0 Å². The van der Waals surface area contributed by atoms with Crippen LogP contribution in [0.15, 0.2) is 22.7 Å². The van der Waals surface area contributed by atoms with E-state index in [0.717, 1.165) is 42.5 Å². The molecular formula is C14H19BrFNO. The fraction of sp³-hybridized carbons (Fsp3) is 0.571. The molecule has 0 saturated carbocycles. The van der Waals surface area contributed by atoms with E-state index in [1.165, 1.54) is 6.07 Å². The SMILES string of the molecule is CNC(Cc1ccc(Br)cc1F)C1CCOCC1. The Labute approximate surface area is 116 Å². The highest BCUT2D eigenvalue weighted by Crippen LogP contribution is 2.23. The van der Waals surface area contributed by atoms with Gasteiger partial charge in [0, 0.05) is 23.7 Å². The zero-order chi connectivity index (χ0) is 13.0. The molecular weight excluding hydrogens is 297 g/mol. The highest BCUT2D eigenvalue weighted by Gasteiger charge is 2.23. The Hall–Kier alpha value is -0.450. The molecule has 0 radical (unpaired) electrons. The monoisotopic (exact) mass is 315 g/mol. The van der Waals surface area contributed by atoms with Crippen molar-refractivity contribution in [1.82, 2.24) is 5.32 Å². The van der Waals surface area contributed by atoms with Gasteiger partial charge in [0.25, 0.3) is 0 Å². The van der Waals surface area contributed by atoms with E-state index in [4.69, 9.17) is 4.74 Å². The van der Waals surface area contributed by atoms with Crippen LogP contribution in [0.4, 0.5) is 4.39 Å². The van der Waals surface area contributed by atoms with Gasteiger partial charge in [-0.25, -0.2) is 4.39 Å². The predicted molar refractivity (Wildman–Crippen MR) is 74.2 cm³/mol. The minimum Gasteiger partial charge on any atom is -0.381 e. The predicted octanol–water partition coefficient (Wildman–Crippen LogP) is 3.15. The van der Waals surface area contributed by atoms with E-state index in [1.807, 2.05) is 19.2 Å². The molecule has 0 bridgehead atoms. The highest BCUT2D eigenvalue weighted by atomic mass is 79.9. The molecule has 0 amide bonds. The van der Waals surface area contributed by atoms with Crippen molar-refractivity contribution in [2.24, 2.45) is 5.92 Å². The maximum absolute atomic E-state index is 13.8. The maximum atomic E-state index is 13.8. The Morgan fingerprint density at radius 2 is 2.17 bits per heavy atom. The van der Waals surface area contributed by atoms with E-state index in [1.54, 1.807) is 0 Å². The lowest BCUT2D eigenvalue weighted by Crippen LogP contribution is -2.38. The molecule has 2 nitrogen and oxygen atoms in total. The number of nitrogens with one attached hydrogen (secondary N) is 1. The summed E-state index contributed by atoms with van der Waals surface area (Å²) in [6.07, 6.45) is 2.85. The van der Waals surface area contributed by atoms with Gasteiger partial charge >= 0.3 is 0 Å². The van der Waals surface area contributed by atoms with Gasteiger partial charge in [0.15, 0.2) is 0 Å². The van der Waals surface area contributed by atoms with Gasteiger partial charge in [0.05, 0.1) is 0 Å². The molecule has 4 heteroatoms. The van der Waals surface area contributed by atoms with Crippen molar-refractivity contribution in [1.29, 1.82) is 0 Å². The summed E-state index contributed by atoms with van der Waals surface area (Å²) in [7, 11) is 1.96. The van der Waals surface area contributed by atoms with Gasteiger partial charge in [0.2, 0.25) is 0 Å². The molecule has 1 fully saturated rings. The van der Waals surface area contributed by atoms with Gasteiger partial charge in [-0.2, -0.15) is 0 Å². The van der Waals surface area contributed by atoms with Gasteiger partial charge < -0.3 is 10.1 Å². The molecule has 1 atom stereocenters. The van der Waals surface area contributed by atoms with Crippen molar-refractivity contribution in [3.63, 3.8) is 0 Å². The first-order valence-corrected chi connectivity index (χ1v) is 7.19. The fourth-order valence-electron chi connectivity index (χ4n) is 2.55. The first-order chi connectivity index (χ1) is 8.70. The zero-order valence-electron chi connectivity index (χ0n) is 10.6. The molecule has 18 heavy (non-hydrogen) atoms. The first-order valence-electron chi connectivity index (χ1n) is 6.39. The van der Waals surface area contributed by atoms with E-state index < -0.39 is 0 Å². The minimum atomic E-state index is -0.128. The molecule has 1 unspecified atom stereocenters. The lowest BCUT2D eigenvalue weighted by Gasteiger charge is -2.30. The molecule has 1 aliphatic heterocycles. The van der Waals surface area contributed by atoms with E-state index in [9.17, 15) is 4.39 Å². The van der Waals surface area contributed by atoms with Gasteiger partial charge in [0.1, 0.15) is 5.82 Å². The van der Waals surface area contributed by atoms with Crippen LogP contribution in [0.2, 0.25) is 0 Å². The van der Waals surface area contributed by atoms with Gasteiger partial charge in [-0.05, 0) is 49.9 Å². The van der Waals surface area contributed by atoms with Crippen LogP contribution in [0.25, 0.3) is 0 Å². The maximum Gasteiger partial charge on any atom is 0.127 e. The van der Waals surface area contributed by atoms with Crippen LogP contribution in [0.3, 0.4) is 0 Å². The minimum absolute atomic E-state index is 0.128. The van der Waals surface area contributed by atoms with Crippen molar-refractivity contribution in [2.45, 2.75) is 25.3 Å². The summed E-state index contributed by atoms with van der Waals surface area (Å²) >= 11 is 3.28. The summed E-state index contributed by atoms with van der Waals surface area (Å²) in [5, 5.41) is 3.33. The smallest absolute Gasteiger partial charge is 0.127 e. The second-order valence-corrected chi connectivity index (χ2v) is 5.70. The zero-order valence-corrected chi connectivity index (χ0v) is 12.2. The number of halogens is 2. The summed E-state index contributed by atoms with van der Waals surface area (Å²) < 4.78 is 20.0. The number of likely N-dealkylation sites (N-methyl/N-ethyl adjacent to an activating group) is 1. The van der Waals surface area contributed by atoms with Crippen molar-refractivity contribution < 1.29 is 9.13 Å². The highest BCUT2D eigenvalue weighted by molar-refractivity contribution is 9.10. The standard InChI is InChI=1S/C14H19BrFNO/c1-17-14(10-4-6-18-7-5-10)8-11-2-3-12(15)9-13(11)16/h2-3,9-10,14,17H,4-8H2,1H3.